The number of likely N-dealkylation sites (tertiary alicyclic amines) is 2. The van der Waals surface area contributed by atoms with Gasteiger partial charge in [-0.25, -0.2) is 9.97 Å². The van der Waals surface area contributed by atoms with Crippen molar-refractivity contribution in [1.29, 1.82) is 0 Å². The van der Waals surface area contributed by atoms with Crippen LogP contribution in [0.2, 0.25) is 0 Å². The fourth-order valence-electron chi connectivity index (χ4n) is 4.60. The quantitative estimate of drug-likeness (QED) is 0.491. The molecule has 0 spiro atoms. The topological polar surface area (TPSA) is 130 Å². The Morgan fingerprint density at radius 3 is 2.48 bits per heavy atom. The highest BCUT2D eigenvalue weighted by Gasteiger charge is 2.41. The Balaban J connectivity index is 1.30. The number of nitrogens with two attached hydrogens (primary N) is 1. The van der Waals surface area contributed by atoms with E-state index in [2.05, 4.69) is 25.0 Å². The van der Waals surface area contributed by atoms with Crippen LogP contribution in [-0.4, -0.2) is 80.4 Å². The predicted octanol–water partition coefficient (Wildman–Crippen LogP) is 1.07. The maximum Gasteiger partial charge on any atom is 0.225 e. The number of pyridine rings is 1. The number of aliphatic hydroxyl groups is 1. The molecule has 0 bridgehead atoms. The second-order valence-electron chi connectivity index (χ2n) is 8.69. The van der Waals surface area contributed by atoms with E-state index in [0.717, 1.165) is 38.0 Å². The van der Waals surface area contributed by atoms with E-state index in [-0.39, 0.29) is 17.8 Å². The average Bonchev–Trinajstić information content (AvgIpc) is 2.85. The van der Waals surface area contributed by atoms with Crippen molar-refractivity contribution in [1.82, 2.24) is 24.8 Å². The summed E-state index contributed by atoms with van der Waals surface area (Å²) in [6.45, 7) is 3.42. The second kappa shape index (κ2) is 10.2. The Morgan fingerprint density at radius 2 is 1.88 bits per heavy atom. The number of nitrogens with zero attached hydrogens (tertiary/aromatic N) is 6. The minimum atomic E-state index is -1.17. The van der Waals surface area contributed by atoms with Crippen molar-refractivity contribution < 1.29 is 14.7 Å². The molecule has 2 fully saturated rings. The molecule has 2 aromatic heterocycles. The molecule has 0 aliphatic carbocycles. The van der Waals surface area contributed by atoms with Crippen LogP contribution in [0.3, 0.4) is 0 Å². The van der Waals surface area contributed by atoms with Gasteiger partial charge < -0.3 is 20.6 Å². The molecule has 33 heavy (non-hydrogen) atoms. The van der Waals surface area contributed by atoms with Gasteiger partial charge in [-0.05, 0) is 50.9 Å². The van der Waals surface area contributed by atoms with Gasteiger partial charge in [-0.3, -0.25) is 14.7 Å². The molecule has 0 unspecified atom stereocenters. The summed E-state index contributed by atoms with van der Waals surface area (Å²) in [5.74, 6) is 0.464. The Bertz CT molecular complexity index is 952. The summed E-state index contributed by atoms with van der Waals surface area (Å²) in [5.41, 5.74) is 6.39. The number of oxime groups is 1. The summed E-state index contributed by atoms with van der Waals surface area (Å²) < 4.78 is 0. The molecule has 2 aromatic rings. The lowest BCUT2D eigenvalue weighted by Crippen LogP contribution is -2.53. The van der Waals surface area contributed by atoms with Crippen molar-refractivity contribution in [3.63, 3.8) is 0 Å². The molecular weight excluding hydrogens is 422 g/mol. The molecular formula is C23H31N7O3. The van der Waals surface area contributed by atoms with Crippen LogP contribution < -0.4 is 5.73 Å². The third-order valence-corrected chi connectivity index (χ3v) is 6.50. The lowest BCUT2D eigenvalue weighted by Gasteiger charge is -2.40. The van der Waals surface area contributed by atoms with Gasteiger partial charge in [0.2, 0.25) is 11.9 Å². The van der Waals surface area contributed by atoms with Crippen LogP contribution in [-0.2, 0) is 16.2 Å². The summed E-state index contributed by atoms with van der Waals surface area (Å²) in [6, 6.07) is 5.47. The molecule has 4 rings (SSSR count). The normalized spacial score (nSPS) is 19.9. The highest BCUT2D eigenvalue weighted by molar-refractivity contribution is 6.05. The number of carbonyl (C=O) groups excluding carboxylic acids is 1. The molecule has 0 atom stereocenters. The molecule has 1 amide bonds. The van der Waals surface area contributed by atoms with Crippen LogP contribution in [0.25, 0.3) is 0 Å². The highest BCUT2D eigenvalue weighted by Crippen LogP contribution is 2.29. The molecule has 0 saturated carbocycles. The summed E-state index contributed by atoms with van der Waals surface area (Å²) in [7, 11) is 1.46. The summed E-state index contributed by atoms with van der Waals surface area (Å²) in [6.07, 6.45) is 7.59. The van der Waals surface area contributed by atoms with Gasteiger partial charge in [0.05, 0.1) is 5.69 Å². The number of hydrogen-bond acceptors (Lipinski definition) is 9. The first-order valence-electron chi connectivity index (χ1n) is 11.3. The van der Waals surface area contributed by atoms with Crippen molar-refractivity contribution in [2.75, 3.05) is 39.0 Å². The van der Waals surface area contributed by atoms with E-state index < -0.39 is 5.60 Å². The summed E-state index contributed by atoms with van der Waals surface area (Å²) >= 11 is 0. The molecule has 0 radical (unpaired) electrons. The van der Waals surface area contributed by atoms with Gasteiger partial charge in [-0.2, -0.15) is 0 Å². The van der Waals surface area contributed by atoms with Gasteiger partial charge in [0.15, 0.2) is 0 Å². The van der Waals surface area contributed by atoms with E-state index in [1.807, 2.05) is 17.0 Å². The molecule has 4 heterocycles. The van der Waals surface area contributed by atoms with E-state index >= 15 is 0 Å². The minimum absolute atomic E-state index is 0.0120. The zero-order valence-corrected chi connectivity index (χ0v) is 18.9. The molecule has 10 nitrogen and oxygen atoms in total. The van der Waals surface area contributed by atoms with Crippen molar-refractivity contribution in [3.05, 3.63) is 48.0 Å². The number of anilines is 1. The first kappa shape index (κ1) is 23.1. The van der Waals surface area contributed by atoms with Gasteiger partial charge in [0, 0.05) is 49.7 Å². The van der Waals surface area contributed by atoms with E-state index in [0.29, 0.717) is 37.3 Å². The molecule has 10 heteroatoms. The standard InChI is InChI=1S/C23H31N7O3/c1-33-28-20(19-4-2-3-9-25-19)23(32)7-12-30(13-8-23)21(31)18-5-10-29(11-6-18)16-17-14-26-22(24)27-15-17/h2-4,9,14-15,18,32H,5-8,10-13,16H2,1H3,(H2,24,26,27)/b28-20+. The highest BCUT2D eigenvalue weighted by atomic mass is 16.6. The van der Waals surface area contributed by atoms with Crippen LogP contribution >= 0.6 is 0 Å². The number of nitrogen functional groups attached to an aromatic ring is 1. The summed E-state index contributed by atoms with van der Waals surface area (Å²) in [4.78, 5) is 34.7. The summed E-state index contributed by atoms with van der Waals surface area (Å²) in [5, 5.41) is 15.4. The lowest BCUT2D eigenvalue weighted by molar-refractivity contribution is -0.139. The van der Waals surface area contributed by atoms with Gasteiger partial charge in [0.1, 0.15) is 18.4 Å². The first-order valence-corrected chi connectivity index (χ1v) is 11.3. The number of piperidine rings is 2. The maximum absolute atomic E-state index is 13.2. The van der Waals surface area contributed by atoms with E-state index in [1.165, 1.54) is 7.11 Å². The van der Waals surface area contributed by atoms with Crippen LogP contribution in [0.5, 0.6) is 0 Å². The zero-order chi connectivity index (χ0) is 23.3. The smallest absolute Gasteiger partial charge is 0.225 e. The van der Waals surface area contributed by atoms with Crippen molar-refractivity contribution >= 4 is 17.6 Å². The lowest BCUT2D eigenvalue weighted by atomic mass is 9.84. The van der Waals surface area contributed by atoms with Crippen molar-refractivity contribution in [2.45, 2.75) is 37.8 Å². The number of amides is 1. The van der Waals surface area contributed by atoms with E-state index in [1.54, 1.807) is 24.7 Å². The molecule has 176 valence electrons. The third kappa shape index (κ3) is 5.45. The Kier molecular flexibility index (Phi) is 7.14. The third-order valence-electron chi connectivity index (χ3n) is 6.50. The molecule has 2 saturated heterocycles. The SMILES string of the molecule is CO/N=C(\c1ccccn1)C1(O)CCN(C(=O)C2CCN(Cc3cnc(N)nc3)CC2)CC1. The molecule has 2 aliphatic rings. The number of carbonyl (C=O) groups is 1. The molecule has 3 N–H and O–H groups in total. The van der Waals surface area contributed by atoms with Crippen LogP contribution in [0.15, 0.2) is 41.9 Å². The molecule has 2 aliphatic heterocycles. The van der Waals surface area contributed by atoms with Crippen molar-refractivity contribution in [2.24, 2.45) is 11.1 Å². The zero-order valence-electron chi connectivity index (χ0n) is 18.9. The average molecular weight is 454 g/mol. The Morgan fingerprint density at radius 1 is 1.18 bits per heavy atom. The van der Waals surface area contributed by atoms with Crippen LogP contribution in [0.4, 0.5) is 5.95 Å². The van der Waals surface area contributed by atoms with Gasteiger partial charge >= 0.3 is 0 Å². The van der Waals surface area contributed by atoms with Gasteiger partial charge in [-0.15, -0.1) is 0 Å². The van der Waals surface area contributed by atoms with Crippen molar-refractivity contribution in [3.8, 4) is 0 Å². The van der Waals surface area contributed by atoms with E-state index in [4.69, 9.17) is 10.6 Å². The van der Waals surface area contributed by atoms with E-state index in [9.17, 15) is 9.90 Å². The minimum Gasteiger partial charge on any atom is -0.399 e. The van der Waals surface area contributed by atoms with Gasteiger partial charge in [-0.1, -0.05) is 11.2 Å². The van der Waals surface area contributed by atoms with Gasteiger partial charge in [0.25, 0.3) is 0 Å². The fraction of sp³-hybridized carbons (Fsp3) is 0.522. The largest absolute Gasteiger partial charge is 0.399 e. The first-order chi connectivity index (χ1) is 16.0. The number of rotatable bonds is 6. The van der Waals surface area contributed by atoms with Crippen LogP contribution in [0.1, 0.15) is 36.9 Å². The Hall–Kier alpha value is -3.11. The number of hydrogen-bond donors (Lipinski definition) is 2. The predicted molar refractivity (Wildman–Crippen MR) is 123 cm³/mol. The Labute approximate surface area is 193 Å². The fourth-order valence-corrected chi connectivity index (χ4v) is 4.60. The second-order valence-corrected chi connectivity index (χ2v) is 8.69. The maximum atomic E-state index is 13.2. The monoisotopic (exact) mass is 453 g/mol. The molecule has 0 aromatic carbocycles. The number of aromatic nitrogens is 3. The van der Waals surface area contributed by atoms with Crippen LogP contribution in [0, 0.1) is 5.92 Å².